The molecule has 1 amide bonds. The van der Waals surface area contributed by atoms with E-state index in [0.717, 1.165) is 66.7 Å². The van der Waals surface area contributed by atoms with Crippen LogP contribution < -0.4 is 4.90 Å². The molecule has 0 unspecified atom stereocenters. The Kier molecular flexibility index (Phi) is 10.7. The van der Waals surface area contributed by atoms with Gasteiger partial charge >= 0.3 is 0 Å². The third-order valence-corrected chi connectivity index (χ3v) is 8.72. The standard InChI is InChI=1S/C33H41N3O3S/c1-23(2)31(39-4)18-8-24(3)27-12-9-26(10-13-27)21-36(33(38)28-14-16-30(37)17-15-28)29-7-5-6-25(20-29)11-19-32-35-34-22-40-32/h5-8,18,20,22,26-28,30,37H,3,9-10,12-17,21H2,1-2,4H3/b18-8-. The van der Waals surface area contributed by atoms with Crippen molar-refractivity contribution in [2.45, 2.75) is 71.3 Å². The van der Waals surface area contributed by atoms with E-state index >= 15 is 0 Å². The Morgan fingerprint density at radius 3 is 2.48 bits per heavy atom. The van der Waals surface area contributed by atoms with Gasteiger partial charge in [-0.15, -0.1) is 10.2 Å². The number of aliphatic hydroxyl groups excluding tert-OH is 1. The first kappa shape index (κ1) is 29.8. The largest absolute Gasteiger partial charge is 0.497 e. The van der Waals surface area contributed by atoms with E-state index in [4.69, 9.17) is 4.74 Å². The van der Waals surface area contributed by atoms with Crippen LogP contribution in [0.25, 0.3) is 0 Å². The summed E-state index contributed by atoms with van der Waals surface area (Å²) in [7, 11) is 1.70. The van der Waals surface area contributed by atoms with E-state index in [1.807, 2.05) is 49.1 Å². The zero-order valence-electron chi connectivity index (χ0n) is 23.9. The highest BCUT2D eigenvalue weighted by Gasteiger charge is 2.32. The Balaban J connectivity index is 1.46. The summed E-state index contributed by atoms with van der Waals surface area (Å²) in [4.78, 5) is 15.9. The molecule has 2 aromatic rings. The predicted molar refractivity (Wildman–Crippen MR) is 162 cm³/mol. The van der Waals surface area contributed by atoms with Crippen molar-refractivity contribution < 1.29 is 14.6 Å². The number of rotatable bonds is 8. The van der Waals surface area contributed by atoms with Gasteiger partial charge in [0.15, 0.2) is 5.01 Å². The molecule has 7 heteroatoms. The number of aromatic nitrogens is 2. The maximum atomic E-state index is 13.9. The Morgan fingerprint density at radius 1 is 1.10 bits per heavy atom. The van der Waals surface area contributed by atoms with Gasteiger partial charge in [0.25, 0.3) is 0 Å². The lowest BCUT2D eigenvalue weighted by atomic mass is 9.78. The average Bonchev–Trinajstić information content (AvgIpc) is 3.49. The summed E-state index contributed by atoms with van der Waals surface area (Å²) < 4.78 is 5.46. The van der Waals surface area contributed by atoms with E-state index < -0.39 is 0 Å². The molecule has 1 aromatic heterocycles. The zero-order chi connectivity index (χ0) is 28.5. The third kappa shape index (κ3) is 8.16. The maximum Gasteiger partial charge on any atom is 0.230 e. The normalized spacial score (nSPS) is 22.7. The van der Waals surface area contributed by atoms with Crippen molar-refractivity contribution in [3.8, 4) is 11.8 Å². The summed E-state index contributed by atoms with van der Waals surface area (Å²) in [5.74, 6) is 8.13. The molecule has 0 radical (unpaired) electrons. The number of aliphatic hydroxyl groups is 1. The van der Waals surface area contributed by atoms with Crippen LogP contribution in [0.3, 0.4) is 0 Å². The van der Waals surface area contributed by atoms with Crippen LogP contribution in [0.1, 0.15) is 75.8 Å². The maximum absolute atomic E-state index is 13.9. The fraction of sp³-hybridized carbons (Fsp3) is 0.485. The topological polar surface area (TPSA) is 75.5 Å². The Morgan fingerprint density at radius 2 is 1.82 bits per heavy atom. The van der Waals surface area contributed by atoms with Gasteiger partial charge in [0.1, 0.15) is 11.3 Å². The summed E-state index contributed by atoms with van der Waals surface area (Å²) in [5, 5.41) is 18.5. The molecule has 0 atom stereocenters. The van der Waals surface area contributed by atoms with Gasteiger partial charge in [-0.1, -0.05) is 41.6 Å². The Hall–Kier alpha value is -3.21. The number of amides is 1. The highest BCUT2D eigenvalue weighted by Crippen LogP contribution is 2.36. The van der Waals surface area contributed by atoms with E-state index in [9.17, 15) is 9.90 Å². The van der Waals surface area contributed by atoms with Gasteiger partial charge in [-0.25, -0.2) is 0 Å². The molecule has 0 bridgehead atoms. The van der Waals surface area contributed by atoms with Crippen molar-refractivity contribution in [2.75, 3.05) is 18.6 Å². The van der Waals surface area contributed by atoms with Crippen molar-refractivity contribution in [1.82, 2.24) is 10.2 Å². The van der Waals surface area contributed by atoms with E-state index in [2.05, 4.69) is 34.7 Å². The third-order valence-electron chi connectivity index (χ3n) is 8.12. The fourth-order valence-corrected chi connectivity index (χ4v) is 6.10. The predicted octanol–water partition coefficient (Wildman–Crippen LogP) is 6.68. The molecule has 2 saturated carbocycles. The number of allylic oxidation sites excluding steroid dienone is 4. The molecule has 1 heterocycles. The quantitative estimate of drug-likeness (QED) is 0.222. The second kappa shape index (κ2) is 14.4. The first-order valence-corrected chi connectivity index (χ1v) is 15.2. The van der Waals surface area contributed by atoms with Gasteiger partial charge in [0.2, 0.25) is 5.91 Å². The number of hydrogen-bond acceptors (Lipinski definition) is 6. The van der Waals surface area contributed by atoms with Gasteiger partial charge in [0.05, 0.1) is 13.2 Å². The first-order chi connectivity index (χ1) is 19.3. The summed E-state index contributed by atoms with van der Waals surface area (Å²) in [6.07, 6.45) is 10.9. The van der Waals surface area contributed by atoms with Crippen LogP contribution in [-0.4, -0.2) is 41.0 Å². The van der Waals surface area contributed by atoms with Crippen LogP contribution in [0.2, 0.25) is 0 Å². The lowest BCUT2D eigenvalue weighted by Gasteiger charge is -2.36. The monoisotopic (exact) mass is 559 g/mol. The number of anilines is 1. The highest BCUT2D eigenvalue weighted by atomic mass is 32.1. The first-order valence-electron chi connectivity index (χ1n) is 14.3. The number of methoxy groups -OCH3 is 1. The highest BCUT2D eigenvalue weighted by molar-refractivity contribution is 7.09. The molecule has 40 heavy (non-hydrogen) atoms. The summed E-state index contributed by atoms with van der Waals surface area (Å²) in [5.41, 5.74) is 5.70. The molecule has 4 rings (SSSR count). The fourth-order valence-electron chi connectivity index (χ4n) is 5.70. The Bertz CT molecular complexity index is 1270. The molecule has 0 spiro atoms. The summed E-state index contributed by atoms with van der Waals surface area (Å²) in [6.45, 7) is 9.13. The molecule has 2 aliphatic rings. The summed E-state index contributed by atoms with van der Waals surface area (Å²) >= 11 is 1.41. The van der Waals surface area contributed by atoms with Crippen molar-refractivity contribution in [2.24, 2.45) is 17.8 Å². The number of carbonyl (C=O) groups is 1. The number of benzene rings is 1. The van der Waals surface area contributed by atoms with Gasteiger partial charge in [0, 0.05) is 23.7 Å². The zero-order valence-corrected chi connectivity index (χ0v) is 24.8. The van der Waals surface area contributed by atoms with Crippen LogP contribution in [-0.2, 0) is 9.53 Å². The van der Waals surface area contributed by atoms with Crippen LogP contribution >= 0.6 is 11.3 Å². The van der Waals surface area contributed by atoms with Crippen molar-refractivity contribution in [1.29, 1.82) is 0 Å². The number of carbonyl (C=O) groups excluding carboxylic acids is 1. The van der Waals surface area contributed by atoms with Gasteiger partial charge in [-0.2, -0.15) is 0 Å². The van der Waals surface area contributed by atoms with E-state index in [1.54, 1.807) is 12.6 Å². The molecule has 2 aliphatic carbocycles. The van der Waals surface area contributed by atoms with Crippen LogP contribution in [0.15, 0.2) is 65.4 Å². The average molecular weight is 560 g/mol. The molecular formula is C33H41N3O3S. The Labute approximate surface area is 242 Å². The molecule has 0 saturated heterocycles. The van der Waals surface area contributed by atoms with E-state index in [1.165, 1.54) is 11.3 Å². The van der Waals surface area contributed by atoms with Gasteiger partial charge in [-0.05, 0) is 113 Å². The minimum Gasteiger partial charge on any atom is -0.497 e. The molecular weight excluding hydrogens is 518 g/mol. The minimum atomic E-state index is -0.287. The molecule has 212 valence electrons. The molecule has 1 aromatic carbocycles. The number of hydrogen-bond donors (Lipinski definition) is 1. The summed E-state index contributed by atoms with van der Waals surface area (Å²) in [6, 6.07) is 7.96. The van der Waals surface area contributed by atoms with Gasteiger partial charge < -0.3 is 14.7 Å². The SMILES string of the molecule is C=C(/C=C\C(OC)=C(C)C)C1CCC(CN(C(=O)C2CCC(O)CC2)c2cccc(C#Cc3nncs3)c2)CC1. The van der Waals surface area contributed by atoms with Crippen molar-refractivity contribution in [3.05, 3.63) is 76.0 Å². The van der Waals surface area contributed by atoms with Crippen molar-refractivity contribution in [3.63, 3.8) is 0 Å². The lowest BCUT2D eigenvalue weighted by molar-refractivity contribution is -0.124. The number of nitrogens with zero attached hydrogens (tertiary/aromatic N) is 3. The smallest absolute Gasteiger partial charge is 0.230 e. The minimum absolute atomic E-state index is 0.0501. The molecule has 6 nitrogen and oxygen atoms in total. The van der Waals surface area contributed by atoms with E-state index in [0.29, 0.717) is 36.2 Å². The van der Waals surface area contributed by atoms with Crippen LogP contribution in [0.5, 0.6) is 0 Å². The second-order valence-corrected chi connectivity index (χ2v) is 12.0. The van der Waals surface area contributed by atoms with Crippen LogP contribution in [0, 0.1) is 29.6 Å². The van der Waals surface area contributed by atoms with E-state index in [-0.39, 0.29) is 17.9 Å². The van der Waals surface area contributed by atoms with Crippen LogP contribution in [0.4, 0.5) is 5.69 Å². The molecule has 2 fully saturated rings. The molecule has 1 N–H and O–H groups in total. The second-order valence-electron chi connectivity index (χ2n) is 11.2. The lowest BCUT2D eigenvalue weighted by Crippen LogP contribution is -2.42. The van der Waals surface area contributed by atoms with Crippen molar-refractivity contribution >= 4 is 22.9 Å². The molecule has 0 aliphatic heterocycles. The number of ether oxygens (including phenoxy) is 1. The van der Waals surface area contributed by atoms with Gasteiger partial charge in [-0.3, -0.25) is 4.79 Å².